The highest BCUT2D eigenvalue weighted by molar-refractivity contribution is 5.84. The van der Waals surface area contributed by atoms with Crippen molar-refractivity contribution in [1.82, 2.24) is 15.1 Å². The van der Waals surface area contributed by atoms with E-state index >= 15 is 0 Å². The number of ether oxygens (including phenoxy) is 1. The summed E-state index contributed by atoms with van der Waals surface area (Å²) in [7, 11) is 3.19. The van der Waals surface area contributed by atoms with Gasteiger partial charge >= 0.3 is 12.0 Å². The summed E-state index contributed by atoms with van der Waals surface area (Å²) < 4.78 is 5.15. The van der Waals surface area contributed by atoms with Gasteiger partial charge in [-0.15, -0.1) is 0 Å². The molecule has 1 fully saturated rings. The number of carbonyl (C=O) groups is 3. The third kappa shape index (κ3) is 3.83. The molecule has 2 N–H and O–H groups in total. The predicted molar refractivity (Wildman–Crippen MR) is 70.2 cm³/mol. The maximum absolute atomic E-state index is 12.1. The number of carboxylic acid groups (broad SMARTS) is 1. The zero-order valence-electron chi connectivity index (χ0n) is 12.0. The SMILES string of the molecule is CCN(C(=O)NCC(=O)N(C)C)C1COCC1C(=O)O. The van der Waals surface area contributed by atoms with Gasteiger partial charge < -0.3 is 25.0 Å². The third-order valence-corrected chi connectivity index (χ3v) is 3.26. The number of nitrogens with one attached hydrogen (secondary N) is 1. The maximum atomic E-state index is 12.1. The first-order valence-corrected chi connectivity index (χ1v) is 6.43. The fourth-order valence-corrected chi connectivity index (χ4v) is 2.03. The van der Waals surface area contributed by atoms with Gasteiger partial charge in [0.05, 0.1) is 25.8 Å². The number of rotatable bonds is 5. The summed E-state index contributed by atoms with van der Waals surface area (Å²) in [6.07, 6.45) is 0. The number of aliphatic carboxylic acids is 1. The quantitative estimate of drug-likeness (QED) is 0.690. The summed E-state index contributed by atoms with van der Waals surface area (Å²) in [5, 5.41) is 11.6. The minimum atomic E-state index is -0.983. The number of carboxylic acids is 1. The lowest BCUT2D eigenvalue weighted by molar-refractivity contribution is -0.142. The normalized spacial score (nSPS) is 21.4. The molecular formula is C12H21N3O5. The first kappa shape index (κ1) is 16.2. The Morgan fingerprint density at radius 1 is 1.30 bits per heavy atom. The fraction of sp³-hybridized carbons (Fsp3) is 0.750. The third-order valence-electron chi connectivity index (χ3n) is 3.26. The molecule has 1 aliphatic rings. The summed E-state index contributed by atoms with van der Waals surface area (Å²) in [5.74, 6) is -1.94. The van der Waals surface area contributed by atoms with Crippen LogP contribution in [-0.2, 0) is 14.3 Å². The zero-order chi connectivity index (χ0) is 15.3. The number of nitrogens with zero attached hydrogens (tertiary/aromatic N) is 2. The molecule has 20 heavy (non-hydrogen) atoms. The van der Waals surface area contributed by atoms with E-state index in [9.17, 15) is 14.4 Å². The Kier molecular flexibility index (Phi) is 5.75. The predicted octanol–water partition coefficient (Wildman–Crippen LogP) is -0.794. The molecule has 1 rings (SSSR count). The maximum Gasteiger partial charge on any atom is 0.318 e. The van der Waals surface area contributed by atoms with Crippen LogP contribution in [0, 0.1) is 5.92 Å². The number of hydrogen-bond donors (Lipinski definition) is 2. The van der Waals surface area contributed by atoms with Crippen molar-refractivity contribution in [2.75, 3.05) is 40.4 Å². The van der Waals surface area contributed by atoms with Crippen molar-refractivity contribution < 1.29 is 24.2 Å². The molecule has 2 atom stereocenters. The summed E-state index contributed by atoms with van der Waals surface area (Å²) >= 11 is 0. The number of amides is 3. The van der Waals surface area contributed by atoms with Crippen LogP contribution < -0.4 is 5.32 Å². The topological polar surface area (TPSA) is 99.2 Å². The standard InChI is InChI=1S/C12H21N3O5/c1-4-15(9-7-20-6-8(9)11(17)18)12(19)13-5-10(16)14(2)3/h8-9H,4-7H2,1-3H3,(H,13,19)(H,17,18). The second kappa shape index (κ2) is 7.09. The van der Waals surface area contributed by atoms with Gasteiger partial charge in [0.15, 0.2) is 0 Å². The molecule has 0 radical (unpaired) electrons. The second-order valence-electron chi connectivity index (χ2n) is 4.78. The summed E-state index contributed by atoms with van der Waals surface area (Å²) in [5.41, 5.74) is 0. The van der Waals surface area contributed by atoms with Crippen molar-refractivity contribution in [3.05, 3.63) is 0 Å². The fourth-order valence-electron chi connectivity index (χ4n) is 2.03. The average molecular weight is 287 g/mol. The van der Waals surface area contributed by atoms with E-state index in [4.69, 9.17) is 9.84 Å². The van der Waals surface area contributed by atoms with E-state index in [0.29, 0.717) is 6.54 Å². The van der Waals surface area contributed by atoms with E-state index < -0.39 is 24.0 Å². The van der Waals surface area contributed by atoms with Crippen LogP contribution in [0.25, 0.3) is 0 Å². The van der Waals surface area contributed by atoms with Crippen LogP contribution in [0.1, 0.15) is 6.92 Å². The van der Waals surface area contributed by atoms with Crippen molar-refractivity contribution >= 4 is 17.9 Å². The molecule has 1 heterocycles. The number of hydrogen-bond acceptors (Lipinski definition) is 4. The van der Waals surface area contributed by atoms with Crippen molar-refractivity contribution in [2.24, 2.45) is 5.92 Å². The molecule has 0 aromatic rings. The number of carbonyl (C=O) groups excluding carboxylic acids is 2. The minimum Gasteiger partial charge on any atom is -0.481 e. The van der Waals surface area contributed by atoms with Gasteiger partial charge in [0.25, 0.3) is 0 Å². The van der Waals surface area contributed by atoms with Gasteiger partial charge in [0.1, 0.15) is 5.92 Å². The Balaban J connectivity index is 2.63. The number of urea groups is 1. The molecule has 0 aromatic carbocycles. The first-order chi connectivity index (χ1) is 9.38. The van der Waals surface area contributed by atoms with Gasteiger partial charge in [-0.3, -0.25) is 9.59 Å². The lowest BCUT2D eigenvalue weighted by Gasteiger charge is -2.29. The van der Waals surface area contributed by atoms with Crippen molar-refractivity contribution in [3.8, 4) is 0 Å². The average Bonchev–Trinajstić information content (AvgIpc) is 2.85. The molecule has 0 saturated carbocycles. The second-order valence-corrected chi connectivity index (χ2v) is 4.78. The Morgan fingerprint density at radius 3 is 2.45 bits per heavy atom. The Bertz CT molecular complexity index is 385. The largest absolute Gasteiger partial charge is 0.481 e. The van der Waals surface area contributed by atoms with Gasteiger partial charge in [-0.1, -0.05) is 0 Å². The van der Waals surface area contributed by atoms with Crippen LogP contribution in [0.3, 0.4) is 0 Å². The molecule has 114 valence electrons. The molecular weight excluding hydrogens is 266 g/mol. The van der Waals surface area contributed by atoms with Crippen LogP contribution in [0.15, 0.2) is 0 Å². The minimum absolute atomic E-state index is 0.0976. The highest BCUT2D eigenvalue weighted by Gasteiger charge is 2.39. The molecule has 3 amide bonds. The van der Waals surface area contributed by atoms with Crippen LogP contribution in [0.4, 0.5) is 4.79 Å². The van der Waals surface area contributed by atoms with Crippen LogP contribution in [0.5, 0.6) is 0 Å². The summed E-state index contributed by atoms with van der Waals surface area (Å²) in [4.78, 5) is 37.4. The smallest absolute Gasteiger partial charge is 0.318 e. The lowest BCUT2D eigenvalue weighted by Crippen LogP contribution is -2.51. The lowest BCUT2D eigenvalue weighted by atomic mass is 10.0. The van der Waals surface area contributed by atoms with Gasteiger partial charge in [-0.25, -0.2) is 4.79 Å². The van der Waals surface area contributed by atoms with Crippen molar-refractivity contribution in [3.63, 3.8) is 0 Å². The zero-order valence-corrected chi connectivity index (χ0v) is 12.0. The Labute approximate surface area is 117 Å². The van der Waals surface area contributed by atoms with Gasteiger partial charge in [0.2, 0.25) is 5.91 Å². The van der Waals surface area contributed by atoms with E-state index in [-0.39, 0.29) is 25.7 Å². The van der Waals surface area contributed by atoms with Gasteiger partial charge in [-0.05, 0) is 6.92 Å². The van der Waals surface area contributed by atoms with E-state index in [0.717, 1.165) is 0 Å². The Hall–Kier alpha value is -1.83. The monoisotopic (exact) mass is 287 g/mol. The Morgan fingerprint density at radius 2 is 1.95 bits per heavy atom. The van der Waals surface area contributed by atoms with Gasteiger partial charge in [0, 0.05) is 20.6 Å². The summed E-state index contributed by atoms with van der Waals surface area (Å²) in [6, 6.07) is -0.962. The highest BCUT2D eigenvalue weighted by atomic mass is 16.5. The van der Waals surface area contributed by atoms with E-state index in [1.54, 1.807) is 21.0 Å². The highest BCUT2D eigenvalue weighted by Crippen LogP contribution is 2.20. The van der Waals surface area contributed by atoms with E-state index in [2.05, 4.69) is 5.32 Å². The molecule has 1 aliphatic heterocycles. The van der Waals surface area contributed by atoms with E-state index in [1.165, 1.54) is 9.80 Å². The molecule has 8 nitrogen and oxygen atoms in total. The van der Waals surface area contributed by atoms with E-state index in [1.807, 2.05) is 0 Å². The number of likely N-dealkylation sites (N-methyl/N-ethyl adjacent to an activating group) is 2. The molecule has 0 bridgehead atoms. The van der Waals surface area contributed by atoms with Gasteiger partial charge in [-0.2, -0.15) is 0 Å². The first-order valence-electron chi connectivity index (χ1n) is 6.43. The van der Waals surface area contributed by atoms with Crippen LogP contribution in [0.2, 0.25) is 0 Å². The van der Waals surface area contributed by atoms with Crippen LogP contribution >= 0.6 is 0 Å². The van der Waals surface area contributed by atoms with Crippen molar-refractivity contribution in [1.29, 1.82) is 0 Å². The molecule has 1 saturated heterocycles. The molecule has 0 spiro atoms. The molecule has 2 unspecified atom stereocenters. The molecule has 0 aliphatic carbocycles. The molecule has 0 aromatic heterocycles. The molecule has 8 heteroatoms. The van der Waals surface area contributed by atoms with Crippen molar-refractivity contribution in [2.45, 2.75) is 13.0 Å². The summed E-state index contributed by atoms with van der Waals surface area (Å²) in [6.45, 7) is 2.28. The van der Waals surface area contributed by atoms with Crippen LogP contribution in [-0.4, -0.2) is 79.3 Å².